The number of ether oxygens (including phenoxy) is 1. The van der Waals surface area contributed by atoms with Gasteiger partial charge in [-0.25, -0.2) is 4.79 Å². The molecule has 3 heteroatoms. The lowest BCUT2D eigenvalue weighted by atomic mass is 9.64. The largest absolute Gasteiger partial charge is 0.460 e. The van der Waals surface area contributed by atoms with E-state index in [1.807, 2.05) is 48.5 Å². The highest BCUT2D eigenvalue weighted by molar-refractivity contribution is 5.85. The maximum absolute atomic E-state index is 13.0. The van der Waals surface area contributed by atoms with Crippen LogP contribution in [-0.2, 0) is 14.9 Å². The molecule has 1 aliphatic rings. The standard InChI is InChI=1S/C28H32O3/c1-19-13-16-24(28(2,3)23-11-5-4-6-12-23)25(17-19)31-27(30)26(29)22-15-14-20-9-7-8-10-21(20)18-22/h4-12,14-15,18-19,24-26,29H,13,16-17H2,1-3H3/t19-,24+,25+,26?/m1/s1. The quantitative estimate of drug-likeness (QED) is 0.504. The van der Waals surface area contributed by atoms with Gasteiger partial charge in [-0.05, 0) is 52.1 Å². The van der Waals surface area contributed by atoms with Gasteiger partial charge in [0.15, 0.2) is 6.10 Å². The number of benzene rings is 3. The molecule has 0 amide bonds. The summed E-state index contributed by atoms with van der Waals surface area (Å²) < 4.78 is 6.02. The number of hydrogen-bond donors (Lipinski definition) is 1. The minimum absolute atomic E-state index is 0.125. The van der Waals surface area contributed by atoms with Crippen LogP contribution in [0.25, 0.3) is 10.8 Å². The van der Waals surface area contributed by atoms with Gasteiger partial charge in [0.05, 0.1) is 0 Å². The van der Waals surface area contributed by atoms with Gasteiger partial charge in [0, 0.05) is 5.92 Å². The van der Waals surface area contributed by atoms with Crippen LogP contribution in [0.1, 0.15) is 57.3 Å². The number of aliphatic hydroxyl groups excluding tert-OH is 1. The van der Waals surface area contributed by atoms with Gasteiger partial charge < -0.3 is 9.84 Å². The molecule has 4 rings (SSSR count). The fourth-order valence-corrected chi connectivity index (χ4v) is 5.09. The van der Waals surface area contributed by atoms with Crippen LogP contribution in [0.4, 0.5) is 0 Å². The first kappa shape index (κ1) is 21.6. The molecule has 31 heavy (non-hydrogen) atoms. The third-order valence-electron chi connectivity index (χ3n) is 7.08. The van der Waals surface area contributed by atoms with Crippen molar-refractivity contribution >= 4 is 16.7 Å². The van der Waals surface area contributed by atoms with E-state index in [0.717, 1.165) is 30.0 Å². The van der Waals surface area contributed by atoms with E-state index in [0.29, 0.717) is 11.5 Å². The zero-order valence-corrected chi connectivity index (χ0v) is 18.6. The number of aliphatic hydroxyl groups is 1. The topological polar surface area (TPSA) is 46.5 Å². The predicted octanol–water partition coefficient (Wildman–Crippen LogP) is 6.20. The molecule has 0 aromatic heterocycles. The first-order valence-electron chi connectivity index (χ1n) is 11.3. The first-order valence-corrected chi connectivity index (χ1v) is 11.3. The second-order valence-corrected chi connectivity index (χ2v) is 9.60. The van der Waals surface area contributed by atoms with Gasteiger partial charge >= 0.3 is 5.97 Å². The van der Waals surface area contributed by atoms with Crippen molar-refractivity contribution in [2.45, 2.75) is 57.7 Å². The molecule has 0 heterocycles. The van der Waals surface area contributed by atoms with Crippen molar-refractivity contribution in [2.75, 3.05) is 0 Å². The molecule has 1 unspecified atom stereocenters. The third-order valence-corrected chi connectivity index (χ3v) is 7.08. The molecule has 3 nitrogen and oxygen atoms in total. The second kappa shape index (κ2) is 8.84. The monoisotopic (exact) mass is 416 g/mol. The number of hydrogen-bond acceptors (Lipinski definition) is 3. The first-order chi connectivity index (χ1) is 14.9. The average molecular weight is 417 g/mol. The van der Waals surface area contributed by atoms with Crippen molar-refractivity contribution in [2.24, 2.45) is 11.8 Å². The number of rotatable bonds is 5. The van der Waals surface area contributed by atoms with E-state index < -0.39 is 12.1 Å². The van der Waals surface area contributed by atoms with Gasteiger partial charge in [-0.2, -0.15) is 0 Å². The Morgan fingerprint density at radius 3 is 2.39 bits per heavy atom. The molecule has 1 saturated carbocycles. The van der Waals surface area contributed by atoms with Crippen molar-refractivity contribution in [1.82, 2.24) is 0 Å². The van der Waals surface area contributed by atoms with Crippen LogP contribution in [0.2, 0.25) is 0 Å². The molecule has 0 aliphatic heterocycles. The predicted molar refractivity (Wildman–Crippen MR) is 125 cm³/mol. The summed E-state index contributed by atoms with van der Waals surface area (Å²) in [5.41, 5.74) is 1.71. The molecule has 162 valence electrons. The third kappa shape index (κ3) is 4.52. The Morgan fingerprint density at radius 1 is 0.968 bits per heavy atom. The van der Waals surface area contributed by atoms with Crippen LogP contribution in [0.3, 0.4) is 0 Å². The highest BCUT2D eigenvalue weighted by Crippen LogP contribution is 2.44. The van der Waals surface area contributed by atoms with Crippen LogP contribution >= 0.6 is 0 Å². The Kier molecular flexibility index (Phi) is 6.15. The molecule has 1 fully saturated rings. The lowest BCUT2D eigenvalue weighted by Crippen LogP contribution is -2.44. The highest BCUT2D eigenvalue weighted by atomic mass is 16.6. The van der Waals surface area contributed by atoms with E-state index in [1.165, 1.54) is 5.56 Å². The Morgan fingerprint density at radius 2 is 1.65 bits per heavy atom. The number of esters is 1. The van der Waals surface area contributed by atoms with Gasteiger partial charge in [-0.15, -0.1) is 0 Å². The summed E-state index contributed by atoms with van der Waals surface area (Å²) in [6.45, 7) is 6.69. The van der Waals surface area contributed by atoms with Crippen LogP contribution in [-0.4, -0.2) is 17.2 Å². The lowest BCUT2D eigenvalue weighted by Gasteiger charge is -2.44. The van der Waals surface area contributed by atoms with E-state index >= 15 is 0 Å². The van der Waals surface area contributed by atoms with Gasteiger partial charge in [0.25, 0.3) is 0 Å². The van der Waals surface area contributed by atoms with Crippen molar-refractivity contribution in [3.8, 4) is 0 Å². The Labute approximate surface area is 185 Å². The van der Waals surface area contributed by atoms with Gasteiger partial charge in [0.2, 0.25) is 0 Å². The summed E-state index contributed by atoms with van der Waals surface area (Å²) in [7, 11) is 0. The van der Waals surface area contributed by atoms with Crippen molar-refractivity contribution in [3.63, 3.8) is 0 Å². The fraction of sp³-hybridized carbons (Fsp3) is 0.393. The van der Waals surface area contributed by atoms with Crippen LogP contribution < -0.4 is 0 Å². The average Bonchev–Trinajstić information content (AvgIpc) is 2.78. The van der Waals surface area contributed by atoms with Crippen LogP contribution in [0, 0.1) is 11.8 Å². The van der Waals surface area contributed by atoms with Crippen LogP contribution in [0.15, 0.2) is 72.8 Å². The minimum Gasteiger partial charge on any atom is -0.460 e. The smallest absolute Gasteiger partial charge is 0.339 e. The molecule has 3 aromatic rings. The molecule has 0 saturated heterocycles. The summed E-state index contributed by atoms with van der Waals surface area (Å²) in [6.07, 6.45) is 1.48. The molecule has 0 spiro atoms. The van der Waals surface area contributed by atoms with E-state index in [2.05, 4.69) is 45.0 Å². The van der Waals surface area contributed by atoms with E-state index in [-0.39, 0.29) is 17.4 Å². The molecule has 4 atom stereocenters. The van der Waals surface area contributed by atoms with Crippen molar-refractivity contribution < 1.29 is 14.6 Å². The number of fused-ring (bicyclic) bond motifs is 1. The lowest BCUT2D eigenvalue weighted by molar-refractivity contribution is -0.167. The molecule has 1 aliphatic carbocycles. The zero-order chi connectivity index (χ0) is 22.0. The summed E-state index contributed by atoms with van der Waals surface area (Å²) in [5.74, 6) is 0.153. The van der Waals surface area contributed by atoms with Crippen LogP contribution in [0.5, 0.6) is 0 Å². The fourth-order valence-electron chi connectivity index (χ4n) is 5.09. The summed E-state index contributed by atoms with van der Waals surface area (Å²) in [5, 5.41) is 12.9. The Balaban J connectivity index is 1.55. The van der Waals surface area contributed by atoms with Crippen molar-refractivity contribution in [3.05, 3.63) is 83.9 Å². The number of carbonyl (C=O) groups excluding carboxylic acids is 1. The summed E-state index contributed by atoms with van der Waals surface area (Å²) >= 11 is 0. The highest BCUT2D eigenvalue weighted by Gasteiger charge is 2.42. The minimum atomic E-state index is -1.28. The maximum Gasteiger partial charge on any atom is 0.339 e. The SMILES string of the molecule is C[C@@H]1CC[C@H](C(C)(C)c2ccccc2)[C@@H](OC(=O)C(O)c2ccc3ccccc3c2)C1. The summed E-state index contributed by atoms with van der Waals surface area (Å²) in [6, 6.07) is 24.0. The second-order valence-electron chi connectivity index (χ2n) is 9.60. The maximum atomic E-state index is 13.0. The molecule has 0 bridgehead atoms. The molecular formula is C28H32O3. The summed E-state index contributed by atoms with van der Waals surface area (Å²) in [4.78, 5) is 13.0. The Hall–Kier alpha value is -2.65. The number of carbonyl (C=O) groups is 1. The Bertz CT molecular complexity index is 1040. The normalized spacial score (nSPS) is 22.8. The molecule has 3 aromatic carbocycles. The zero-order valence-electron chi connectivity index (χ0n) is 18.6. The molecule has 1 N–H and O–H groups in total. The van der Waals surface area contributed by atoms with Gasteiger partial charge in [-0.3, -0.25) is 0 Å². The van der Waals surface area contributed by atoms with Crippen molar-refractivity contribution in [1.29, 1.82) is 0 Å². The van der Waals surface area contributed by atoms with E-state index in [1.54, 1.807) is 0 Å². The van der Waals surface area contributed by atoms with E-state index in [4.69, 9.17) is 4.74 Å². The molecular weight excluding hydrogens is 384 g/mol. The van der Waals surface area contributed by atoms with Gasteiger partial charge in [-0.1, -0.05) is 93.9 Å². The molecule has 0 radical (unpaired) electrons. The van der Waals surface area contributed by atoms with Gasteiger partial charge in [0.1, 0.15) is 6.10 Å². The van der Waals surface area contributed by atoms with E-state index in [9.17, 15) is 9.90 Å².